The molecule has 0 unspecified atom stereocenters. The van der Waals surface area contributed by atoms with Crippen LogP contribution in [0.1, 0.15) is 34.8 Å². The van der Waals surface area contributed by atoms with Crippen molar-refractivity contribution in [2.75, 3.05) is 50.0 Å². The summed E-state index contributed by atoms with van der Waals surface area (Å²) in [4.78, 5) is 22.7. The number of nitrogens with zero attached hydrogens (tertiary/aromatic N) is 3. The maximum absolute atomic E-state index is 13.7. The van der Waals surface area contributed by atoms with E-state index in [1.807, 2.05) is 6.92 Å². The monoisotopic (exact) mass is 501 g/mol. The molecule has 1 aliphatic rings. The molecule has 34 heavy (non-hydrogen) atoms. The Morgan fingerprint density at radius 2 is 1.94 bits per heavy atom. The van der Waals surface area contributed by atoms with Gasteiger partial charge in [-0.1, -0.05) is 30.4 Å². The van der Waals surface area contributed by atoms with Crippen LogP contribution in [0.15, 0.2) is 41.3 Å². The average molecular weight is 502 g/mol. The van der Waals surface area contributed by atoms with Crippen molar-refractivity contribution in [1.29, 1.82) is 0 Å². The number of fused-ring (bicyclic) bond motifs is 1. The summed E-state index contributed by atoms with van der Waals surface area (Å²) in [6.45, 7) is 10.3. The lowest BCUT2D eigenvalue weighted by Crippen LogP contribution is -2.39. The molecule has 7 nitrogen and oxygen atoms in total. The predicted molar refractivity (Wildman–Crippen MR) is 137 cm³/mol. The van der Waals surface area contributed by atoms with Crippen molar-refractivity contribution in [1.82, 2.24) is 9.88 Å². The number of ether oxygens (including phenoxy) is 1. The SMILES string of the molecule is CCS(=O)(=O)c1cccc(C(=O)N(CCCN2CCOCC2)c2nc3c(C)cc(C)cc3s2)c1. The number of morpholine rings is 1. The number of amides is 1. The fraction of sp³-hybridized carbons (Fsp3) is 0.440. The minimum absolute atomic E-state index is 0.00952. The van der Waals surface area contributed by atoms with E-state index in [0.717, 1.165) is 60.6 Å². The van der Waals surface area contributed by atoms with E-state index in [2.05, 4.69) is 24.0 Å². The summed E-state index contributed by atoms with van der Waals surface area (Å²) in [5, 5.41) is 0.638. The van der Waals surface area contributed by atoms with E-state index >= 15 is 0 Å². The number of benzene rings is 2. The topological polar surface area (TPSA) is 79.8 Å². The molecule has 3 aromatic rings. The van der Waals surface area contributed by atoms with E-state index in [0.29, 0.717) is 17.2 Å². The van der Waals surface area contributed by atoms with Gasteiger partial charge in [0.25, 0.3) is 5.91 Å². The summed E-state index contributed by atoms with van der Waals surface area (Å²) in [5.74, 6) is -0.242. The van der Waals surface area contributed by atoms with E-state index in [1.54, 1.807) is 30.0 Å². The van der Waals surface area contributed by atoms with E-state index in [-0.39, 0.29) is 16.6 Å². The van der Waals surface area contributed by atoms with Crippen LogP contribution in [-0.2, 0) is 14.6 Å². The molecule has 2 aromatic carbocycles. The third-order valence-corrected chi connectivity index (χ3v) is 8.83. The molecule has 1 fully saturated rings. The number of anilines is 1. The van der Waals surface area contributed by atoms with Gasteiger partial charge in [-0.2, -0.15) is 0 Å². The van der Waals surface area contributed by atoms with Crippen LogP contribution in [0.3, 0.4) is 0 Å². The molecule has 0 aliphatic carbocycles. The molecule has 0 saturated carbocycles. The second-order valence-corrected chi connectivity index (χ2v) is 11.9. The lowest BCUT2D eigenvalue weighted by Gasteiger charge is -2.27. The fourth-order valence-corrected chi connectivity index (χ4v) is 6.27. The molecule has 1 amide bonds. The molecule has 182 valence electrons. The summed E-state index contributed by atoms with van der Waals surface area (Å²) in [5.41, 5.74) is 3.49. The standard InChI is InChI=1S/C25H31N3O4S2/c1-4-34(30,31)21-8-5-7-20(17-21)24(29)28(10-6-9-27-11-13-32-14-12-27)25-26-23-19(3)15-18(2)16-22(23)33-25/h5,7-8,15-17H,4,6,9-14H2,1-3H3. The summed E-state index contributed by atoms with van der Waals surface area (Å²) in [6.07, 6.45) is 0.784. The van der Waals surface area contributed by atoms with Crippen molar-refractivity contribution in [3.63, 3.8) is 0 Å². The van der Waals surface area contributed by atoms with Gasteiger partial charge >= 0.3 is 0 Å². The summed E-state index contributed by atoms with van der Waals surface area (Å²) >= 11 is 1.50. The summed E-state index contributed by atoms with van der Waals surface area (Å²) in [6, 6.07) is 10.5. The molecule has 1 saturated heterocycles. The number of aromatic nitrogens is 1. The molecular weight excluding hydrogens is 470 g/mol. The van der Waals surface area contributed by atoms with Crippen molar-refractivity contribution in [3.8, 4) is 0 Å². The van der Waals surface area contributed by atoms with Crippen LogP contribution in [0.25, 0.3) is 10.2 Å². The van der Waals surface area contributed by atoms with Crippen molar-refractivity contribution in [2.24, 2.45) is 0 Å². The maximum Gasteiger partial charge on any atom is 0.260 e. The van der Waals surface area contributed by atoms with Crippen LogP contribution in [-0.4, -0.2) is 69.4 Å². The Bertz CT molecular complexity index is 1280. The zero-order valence-electron chi connectivity index (χ0n) is 19.9. The molecule has 9 heteroatoms. The first kappa shape index (κ1) is 24.8. The van der Waals surface area contributed by atoms with Crippen LogP contribution in [0, 0.1) is 13.8 Å². The van der Waals surface area contributed by atoms with Gasteiger partial charge in [-0.3, -0.25) is 14.6 Å². The van der Waals surface area contributed by atoms with Gasteiger partial charge in [0.2, 0.25) is 0 Å². The van der Waals surface area contributed by atoms with Crippen LogP contribution >= 0.6 is 11.3 Å². The van der Waals surface area contributed by atoms with Gasteiger partial charge in [0.1, 0.15) is 0 Å². The molecule has 0 bridgehead atoms. The summed E-state index contributed by atoms with van der Waals surface area (Å²) < 4.78 is 31.3. The minimum Gasteiger partial charge on any atom is -0.379 e. The van der Waals surface area contributed by atoms with Gasteiger partial charge in [0, 0.05) is 31.7 Å². The average Bonchev–Trinajstić information content (AvgIpc) is 3.26. The second kappa shape index (κ2) is 10.5. The van der Waals surface area contributed by atoms with Crippen LogP contribution in [0.4, 0.5) is 5.13 Å². The highest BCUT2D eigenvalue weighted by atomic mass is 32.2. The fourth-order valence-electron chi connectivity index (χ4n) is 4.18. The highest BCUT2D eigenvalue weighted by Crippen LogP contribution is 2.32. The number of carbonyl (C=O) groups excluding carboxylic acids is 1. The summed E-state index contributed by atoms with van der Waals surface area (Å²) in [7, 11) is -3.41. The van der Waals surface area contributed by atoms with Crippen LogP contribution in [0.5, 0.6) is 0 Å². The molecule has 1 aliphatic heterocycles. The third kappa shape index (κ3) is 5.49. The molecule has 0 N–H and O–H groups in total. The first-order valence-electron chi connectivity index (χ1n) is 11.6. The predicted octanol–water partition coefficient (Wildman–Crippen LogP) is 4.08. The van der Waals surface area contributed by atoms with Crippen molar-refractivity contribution in [2.45, 2.75) is 32.1 Å². The van der Waals surface area contributed by atoms with E-state index < -0.39 is 9.84 Å². The number of carbonyl (C=O) groups is 1. The van der Waals surface area contributed by atoms with Crippen molar-refractivity contribution < 1.29 is 17.9 Å². The minimum atomic E-state index is -3.41. The Labute approximate surface area is 205 Å². The molecule has 2 heterocycles. The second-order valence-electron chi connectivity index (χ2n) is 8.62. The third-order valence-electron chi connectivity index (χ3n) is 6.07. The maximum atomic E-state index is 13.7. The Morgan fingerprint density at radius 3 is 2.68 bits per heavy atom. The van der Waals surface area contributed by atoms with Crippen LogP contribution < -0.4 is 4.90 Å². The number of rotatable bonds is 8. The zero-order chi connectivity index (χ0) is 24.3. The van der Waals surface area contributed by atoms with E-state index in [9.17, 15) is 13.2 Å². The lowest BCUT2D eigenvalue weighted by atomic mass is 10.1. The van der Waals surface area contributed by atoms with E-state index in [4.69, 9.17) is 9.72 Å². The number of aryl methyl sites for hydroxylation is 2. The van der Waals surface area contributed by atoms with Crippen molar-refractivity contribution >= 4 is 42.4 Å². The molecular formula is C25H31N3O4S2. The van der Waals surface area contributed by atoms with Gasteiger partial charge in [-0.05, 0) is 55.7 Å². The van der Waals surface area contributed by atoms with Gasteiger partial charge in [-0.25, -0.2) is 13.4 Å². The van der Waals surface area contributed by atoms with Gasteiger partial charge in [0.15, 0.2) is 15.0 Å². The molecule has 0 spiro atoms. The quantitative estimate of drug-likeness (QED) is 0.463. The Hall–Kier alpha value is -2.33. The normalized spacial score (nSPS) is 15.0. The number of thiazole rings is 1. The lowest BCUT2D eigenvalue weighted by molar-refractivity contribution is 0.0376. The van der Waals surface area contributed by atoms with Gasteiger partial charge < -0.3 is 4.74 Å². The zero-order valence-corrected chi connectivity index (χ0v) is 21.5. The number of hydrogen-bond acceptors (Lipinski definition) is 7. The van der Waals surface area contributed by atoms with Crippen LogP contribution in [0.2, 0.25) is 0 Å². The molecule has 4 rings (SSSR count). The molecule has 0 atom stereocenters. The highest BCUT2D eigenvalue weighted by Gasteiger charge is 2.24. The van der Waals surface area contributed by atoms with E-state index in [1.165, 1.54) is 17.4 Å². The largest absolute Gasteiger partial charge is 0.379 e. The number of hydrogen-bond donors (Lipinski definition) is 0. The number of sulfone groups is 1. The molecule has 1 aromatic heterocycles. The van der Waals surface area contributed by atoms with Gasteiger partial charge in [0.05, 0.1) is 34.1 Å². The molecule has 0 radical (unpaired) electrons. The highest BCUT2D eigenvalue weighted by molar-refractivity contribution is 7.91. The Kier molecular flexibility index (Phi) is 7.67. The Morgan fingerprint density at radius 1 is 1.18 bits per heavy atom. The smallest absolute Gasteiger partial charge is 0.260 e. The Balaban J connectivity index is 1.65. The first-order valence-corrected chi connectivity index (χ1v) is 14.1. The van der Waals surface area contributed by atoms with Crippen molar-refractivity contribution in [3.05, 3.63) is 53.1 Å². The van der Waals surface area contributed by atoms with Gasteiger partial charge in [-0.15, -0.1) is 0 Å². The first-order chi connectivity index (χ1) is 16.3.